The molecule has 2 heterocycles. The molecule has 0 fully saturated rings. The van der Waals surface area contributed by atoms with Crippen LogP contribution in [0, 0.1) is 0 Å². The van der Waals surface area contributed by atoms with E-state index < -0.39 is 17.4 Å². The van der Waals surface area contributed by atoms with E-state index in [0.717, 1.165) is 0 Å². The number of aromatic nitrogens is 1. The summed E-state index contributed by atoms with van der Waals surface area (Å²) in [5, 5.41) is 5.94. The van der Waals surface area contributed by atoms with Crippen LogP contribution in [0.4, 0.5) is 5.69 Å². The molecule has 2 aromatic carbocycles. The SMILES string of the molecule is CCn1cc(C(=O)N[C@@H](CCSC)C(=O)Nc2ccc(OC)cc2)c(=O)c2cc3c(cc21)OCO3. The summed E-state index contributed by atoms with van der Waals surface area (Å²) in [4.78, 5) is 39.5. The van der Waals surface area contributed by atoms with Crippen LogP contribution in [0.3, 0.4) is 0 Å². The number of anilines is 1. The lowest BCUT2D eigenvalue weighted by Crippen LogP contribution is -2.45. The molecule has 2 amide bonds. The van der Waals surface area contributed by atoms with E-state index in [9.17, 15) is 14.4 Å². The first kappa shape index (κ1) is 24.5. The zero-order chi connectivity index (χ0) is 24.9. The molecule has 0 bridgehead atoms. The van der Waals surface area contributed by atoms with Gasteiger partial charge in [0.25, 0.3) is 5.91 Å². The molecule has 4 rings (SSSR count). The number of fused-ring (bicyclic) bond motifs is 2. The summed E-state index contributed by atoms with van der Waals surface area (Å²) in [6.45, 7) is 2.53. The fourth-order valence-corrected chi connectivity index (χ4v) is 4.32. The molecule has 184 valence electrons. The molecule has 1 aromatic heterocycles. The second-order valence-electron chi connectivity index (χ2n) is 7.91. The molecule has 0 unspecified atom stereocenters. The van der Waals surface area contributed by atoms with E-state index in [1.54, 1.807) is 55.3 Å². The third kappa shape index (κ3) is 5.22. The lowest BCUT2D eigenvalue weighted by Gasteiger charge is -2.19. The van der Waals surface area contributed by atoms with Crippen molar-refractivity contribution in [3.05, 3.63) is 58.4 Å². The Bertz CT molecular complexity index is 1310. The number of nitrogens with zero attached hydrogens (tertiary/aromatic N) is 1. The molecule has 2 N–H and O–H groups in total. The van der Waals surface area contributed by atoms with Crippen molar-refractivity contribution in [2.45, 2.75) is 25.9 Å². The first-order valence-corrected chi connectivity index (χ1v) is 12.6. The third-order valence-electron chi connectivity index (χ3n) is 5.75. The van der Waals surface area contributed by atoms with E-state index in [1.165, 1.54) is 6.20 Å². The number of benzene rings is 2. The van der Waals surface area contributed by atoms with Crippen molar-refractivity contribution >= 4 is 40.2 Å². The van der Waals surface area contributed by atoms with Gasteiger partial charge >= 0.3 is 0 Å². The van der Waals surface area contributed by atoms with Crippen molar-refractivity contribution in [3.63, 3.8) is 0 Å². The van der Waals surface area contributed by atoms with Crippen LogP contribution < -0.4 is 30.3 Å². The predicted octanol–water partition coefficient (Wildman–Crippen LogP) is 3.25. The number of aryl methyl sites for hydroxylation is 1. The maximum absolute atomic E-state index is 13.3. The highest BCUT2D eigenvalue weighted by Crippen LogP contribution is 2.35. The zero-order valence-corrected chi connectivity index (χ0v) is 20.6. The molecule has 1 aliphatic heterocycles. The van der Waals surface area contributed by atoms with Crippen molar-refractivity contribution < 1.29 is 23.8 Å². The number of pyridine rings is 1. The highest BCUT2D eigenvalue weighted by Gasteiger charge is 2.25. The van der Waals surface area contributed by atoms with Gasteiger partial charge < -0.3 is 29.4 Å². The van der Waals surface area contributed by atoms with Crippen molar-refractivity contribution in [1.82, 2.24) is 9.88 Å². The summed E-state index contributed by atoms with van der Waals surface area (Å²) in [6, 6.07) is 9.44. The van der Waals surface area contributed by atoms with Crippen LogP contribution in [0.1, 0.15) is 23.7 Å². The Hall–Kier alpha value is -3.66. The molecule has 1 atom stereocenters. The summed E-state index contributed by atoms with van der Waals surface area (Å²) in [7, 11) is 1.56. The number of hydrogen-bond acceptors (Lipinski definition) is 7. The average molecular weight is 498 g/mol. The highest BCUT2D eigenvalue weighted by molar-refractivity contribution is 7.98. The number of ether oxygens (including phenoxy) is 3. The number of carbonyl (C=O) groups excluding carboxylic acids is 2. The molecule has 0 saturated carbocycles. The van der Waals surface area contributed by atoms with Crippen molar-refractivity contribution in [2.24, 2.45) is 0 Å². The Labute approximate surface area is 206 Å². The van der Waals surface area contributed by atoms with Gasteiger partial charge in [0.2, 0.25) is 18.1 Å². The van der Waals surface area contributed by atoms with Gasteiger partial charge in [-0.15, -0.1) is 0 Å². The van der Waals surface area contributed by atoms with Gasteiger partial charge in [-0.3, -0.25) is 14.4 Å². The lowest BCUT2D eigenvalue weighted by molar-refractivity contribution is -0.118. The second-order valence-corrected chi connectivity index (χ2v) is 8.89. The Morgan fingerprint density at radius 3 is 2.54 bits per heavy atom. The summed E-state index contributed by atoms with van der Waals surface area (Å²) in [5.74, 6) is 1.38. The van der Waals surface area contributed by atoms with Crippen LogP contribution in [0.2, 0.25) is 0 Å². The molecule has 35 heavy (non-hydrogen) atoms. The summed E-state index contributed by atoms with van der Waals surface area (Å²) in [5.41, 5.74) is 0.757. The van der Waals surface area contributed by atoms with Gasteiger partial charge in [0.15, 0.2) is 11.5 Å². The number of hydrogen-bond donors (Lipinski definition) is 2. The van der Waals surface area contributed by atoms with E-state index in [-0.39, 0.29) is 18.3 Å². The van der Waals surface area contributed by atoms with Crippen LogP contribution >= 0.6 is 11.8 Å². The van der Waals surface area contributed by atoms with Crippen LogP contribution in [-0.2, 0) is 11.3 Å². The van der Waals surface area contributed by atoms with Gasteiger partial charge in [-0.05, 0) is 55.7 Å². The van der Waals surface area contributed by atoms with Crippen molar-refractivity contribution in [3.8, 4) is 17.2 Å². The van der Waals surface area contributed by atoms with Gasteiger partial charge in [0, 0.05) is 24.5 Å². The molecule has 0 spiro atoms. The van der Waals surface area contributed by atoms with Gasteiger partial charge in [0.05, 0.1) is 18.0 Å². The minimum Gasteiger partial charge on any atom is -0.497 e. The summed E-state index contributed by atoms with van der Waals surface area (Å²) >= 11 is 1.56. The average Bonchev–Trinajstić information content (AvgIpc) is 3.33. The Morgan fingerprint density at radius 2 is 1.89 bits per heavy atom. The highest BCUT2D eigenvalue weighted by atomic mass is 32.2. The number of nitrogens with one attached hydrogen (secondary N) is 2. The van der Waals surface area contributed by atoms with Gasteiger partial charge in [0.1, 0.15) is 17.4 Å². The largest absolute Gasteiger partial charge is 0.497 e. The molecule has 0 aliphatic carbocycles. The first-order valence-electron chi connectivity index (χ1n) is 11.2. The smallest absolute Gasteiger partial charge is 0.257 e. The molecule has 3 aromatic rings. The predicted molar refractivity (Wildman–Crippen MR) is 136 cm³/mol. The van der Waals surface area contributed by atoms with Crippen LogP contribution in [-0.4, -0.2) is 48.3 Å². The number of methoxy groups -OCH3 is 1. The second kappa shape index (κ2) is 10.7. The quantitative estimate of drug-likeness (QED) is 0.467. The summed E-state index contributed by atoms with van der Waals surface area (Å²) in [6.07, 6.45) is 3.85. The standard InChI is InChI=1S/C25H27N3O6S/c1-4-28-13-18(23(29)17-11-21-22(12-20(17)28)34-14-33-21)24(30)27-19(9-10-35-3)25(31)26-15-5-7-16(32-2)8-6-15/h5-8,11-13,19H,4,9-10,14H2,1-3H3,(H,26,31)(H,27,30)/t19-/m0/s1. The van der Waals surface area contributed by atoms with Crippen LogP contribution in [0.5, 0.6) is 17.2 Å². The third-order valence-corrected chi connectivity index (χ3v) is 6.39. The van der Waals surface area contributed by atoms with E-state index in [4.69, 9.17) is 14.2 Å². The monoisotopic (exact) mass is 497 g/mol. The summed E-state index contributed by atoms with van der Waals surface area (Å²) < 4.78 is 17.8. The van der Waals surface area contributed by atoms with Crippen molar-refractivity contribution in [2.75, 3.05) is 31.2 Å². The first-order chi connectivity index (χ1) is 16.9. The number of rotatable bonds is 9. The van der Waals surface area contributed by atoms with E-state index in [1.807, 2.05) is 17.7 Å². The van der Waals surface area contributed by atoms with Crippen LogP contribution in [0.15, 0.2) is 47.4 Å². The molecule has 0 radical (unpaired) electrons. The van der Waals surface area contributed by atoms with Crippen molar-refractivity contribution in [1.29, 1.82) is 0 Å². The van der Waals surface area contributed by atoms with Gasteiger partial charge in [-0.2, -0.15) is 11.8 Å². The topological polar surface area (TPSA) is 108 Å². The Morgan fingerprint density at radius 1 is 1.17 bits per heavy atom. The number of thioether (sulfide) groups is 1. The zero-order valence-electron chi connectivity index (χ0n) is 19.8. The minimum atomic E-state index is -0.820. The fraction of sp³-hybridized carbons (Fsp3) is 0.320. The van der Waals surface area contributed by atoms with Gasteiger partial charge in [-0.25, -0.2) is 0 Å². The number of amides is 2. The van der Waals surface area contributed by atoms with E-state index in [2.05, 4.69) is 10.6 Å². The Kier molecular flexibility index (Phi) is 7.50. The fourth-order valence-electron chi connectivity index (χ4n) is 3.85. The molecular formula is C25H27N3O6S. The normalized spacial score (nSPS) is 12.9. The maximum Gasteiger partial charge on any atom is 0.257 e. The maximum atomic E-state index is 13.3. The minimum absolute atomic E-state index is 0.0374. The lowest BCUT2D eigenvalue weighted by atomic mass is 10.1. The molecule has 0 saturated heterocycles. The van der Waals surface area contributed by atoms with E-state index >= 15 is 0 Å². The molecule has 10 heteroatoms. The van der Waals surface area contributed by atoms with Gasteiger partial charge in [-0.1, -0.05) is 0 Å². The van der Waals surface area contributed by atoms with Crippen LogP contribution in [0.25, 0.3) is 10.9 Å². The molecular weight excluding hydrogens is 470 g/mol. The Balaban J connectivity index is 1.61. The van der Waals surface area contributed by atoms with E-state index in [0.29, 0.717) is 52.6 Å². The molecule has 9 nitrogen and oxygen atoms in total. The molecule has 1 aliphatic rings. The number of carbonyl (C=O) groups is 2.